The van der Waals surface area contributed by atoms with Crippen molar-refractivity contribution in [2.75, 3.05) is 26.7 Å². The average Bonchev–Trinajstić information content (AvgIpc) is 3.21. The molecule has 0 saturated carbocycles. The molecule has 1 aliphatic heterocycles. The maximum Gasteiger partial charge on any atom is 0.261 e. The minimum absolute atomic E-state index is 0.0515. The van der Waals surface area contributed by atoms with Crippen molar-refractivity contribution in [2.45, 2.75) is 32.2 Å². The number of thiophene rings is 1. The van der Waals surface area contributed by atoms with E-state index in [0.717, 1.165) is 65.5 Å². The van der Waals surface area contributed by atoms with E-state index in [-0.39, 0.29) is 11.9 Å². The van der Waals surface area contributed by atoms with Crippen LogP contribution in [0.3, 0.4) is 0 Å². The number of carbonyl (C=O) groups excluding carboxylic acids is 1. The Hall–Kier alpha value is -2.63. The predicted molar refractivity (Wildman–Crippen MR) is 128 cm³/mol. The fourth-order valence-corrected chi connectivity index (χ4v) is 5.09. The summed E-state index contributed by atoms with van der Waals surface area (Å²) < 4.78 is 5.24. The zero-order valence-corrected chi connectivity index (χ0v) is 19.1. The lowest BCUT2D eigenvalue weighted by Crippen LogP contribution is -2.45. The summed E-state index contributed by atoms with van der Waals surface area (Å²) in [6, 6.07) is 20.9. The van der Waals surface area contributed by atoms with Crippen molar-refractivity contribution < 1.29 is 9.53 Å². The number of piperidine rings is 1. The highest BCUT2D eigenvalue weighted by atomic mass is 32.1. The van der Waals surface area contributed by atoms with Gasteiger partial charge < -0.3 is 15.0 Å². The van der Waals surface area contributed by atoms with Gasteiger partial charge in [0.2, 0.25) is 0 Å². The molecule has 0 bridgehead atoms. The summed E-state index contributed by atoms with van der Waals surface area (Å²) in [7, 11) is 1.67. The second-order valence-electron chi connectivity index (χ2n) is 8.13. The number of nitrogens with zero attached hydrogens (tertiary/aromatic N) is 1. The molecule has 1 aliphatic rings. The lowest BCUT2D eigenvalue weighted by Gasteiger charge is -2.32. The molecule has 0 atom stereocenters. The molecular weight excluding hydrogens is 404 g/mol. The maximum absolute atomic E-state index is 12.9. The molecule has 1 amide bonds. The number of methoxy groups -OCH3 is 1. The summed E-state index contributed by atoms with van der Waals surface area (Å²) in [5, 5.41) is 3.26. The van der Waals surface area contributed by atoms with Crippen LogP contribution in [0.1, 0.15) is 33.0 Å². The van der Waals surface area contributed by atoms with Gasteiger partial charge in [0.1, 0.15) is 5.75 Å². The number of nitrogens with one attached hydrogen (secondary N) is 1. The normalized spacial score (nSPS) is 15.0. The van der Waals surface area contributed by atoms with Gasteiger partial charge in [0, 0.05) is 30.6 Å². The van der Waals surface area contributed by atoms with Gasteiger partial charge >= 0.3 is 0 Å². The maximum atomic E-state index is 12.9. The molecular formula is C26H30N2O2S. The van der Waals surface area contributed by atoms with Gasteiger partial charge in [0.25, 0.3) is 5.91 Å². The lowest BCUT2D eigenvalue weighted by molar-refractivity contribution is 0.0915. The molecule has 0 aliphatic carbocycles. The second-order valence-corrected chi connectivity index (χ2v) is 9.39. The third-order valence-corrected chi connectivity index (χ3v) is 7.07. The van der Waals surface area contributed by atoms with Crippen LogP contribution in [0.15, 0.2) is 60.7 Å². The Labute approximate surface area is 188 Å². The number of aryl methyl sites for hydroxylation is 1. The lowest BCUT2D eigenvalue weighted by atomic mass is 10.0. The summed E-state index contributed by atoms with van der Waals surface area (Å²) in [6.07, 6.45) is 3.10. The molecule has 4 rings (SSSR count). The van der Waals surface area contributed by atoms with Gasteiger partial charge in [-0.25, -0.2) is 0 Å². The Morgan fingerprint density at radius 2 is 1.81 bits per heavy atom. The average molecular weight is 435 g/mol. The van der Waals surface area contributed by atoms with Crippen LogP contribution >= 0.6 is 11.3 Å². The first kappa shape index (κ1) is 21.6. The summed E-state index contributed by atoms with van der Waals surface area (Å²) in [5.41, 5.74) is 3.62. The van der Waals surface area contributed by atoms with Crippen LogP contribution < -0.4 is 10.1 Å². The van der Waals surface area contributed by atoms with E-state index < -0.39 is 0 Å². The number of carbonyl (C=O) groups is 1. The van der Waals surface area contributed by atoms with Crippen LogP contribution in [0.2, 0.25) is 0 Å². The van der Waals surface area contributed by atoms with Gasteiger partial charge in [0.05, 0.1) is 12.0 Å². The molecule has 4 nitrogen and oxygen atoms in total. The Balaban J connectivity index is 1.29. The zero-order valence-electron chi connectivity index (χ0n) is 18.3. The minimum Gasteiger partial charge on any atom is -0.497 e. The van der Waals surface area contributed by atoms with Crippen LogP contribution in [0.25, 0.3) is 11.1 Å². The molecule has 1 aromatic heterocycles. The largest absolute Gasteiger partial charge is 0.497 e. The summed E-state index contributed by atoms with van der Waals surface area (Å²) >= 11 is 1.57. The van der Waals surface area contributed by atoms with Gasteiger partial charge in [0.15, 0.2) is 0 Å². The molecule has 5 heteroatoms. The first-order valence-electron chi connectivity index (χ1n) is 10.9. The van der Waals surface area contributed by atoms with Gasteiger partial charge in [-0.3, -0.25) is 4.79 Å². The first-order valence-corrected chi connectivity index (χ1v) is 11.8. The van der Waals surface area contributed by atoms with Crippen LogP contribution in [-0.4, -0.2) is 43.6 Å². The van der Waals surface area contributed by atoms with E-state index in [1.807, 2.05) is 30.3 Å². The van der Waals surface area contributed by atoms with Crippen molar-refractivity contribution in [1.82, 2.24) is 10.2 Å². The van der Waals surface area contributed by atoms with Crippen molar-refractivity contribution >= 4 is 17.2 Å². The smallest absolute Gasteiger partial charge is 0.261 e. The highest BCUT2D eigenvalue weighted by Crippen LogP contribution is 2.32. The van der Waals surface area contributed by atoms with Crippen LogP contribution in [-0.2, 0) is 6.42 Å². The number of amides is 1. The Kier molecular flexibility index (Phi) is 7.05. The summed E-state index contributed by atoms with van der Waals surface area (Å²) in [5.74, 6) is 0.889. The predicted octanol–water partition coefficient (Wildman–Crippen LogP) is 5.17. The fraction of sp³-hybridized carbons (Fsp3) is 0.346. The Morgan fingerprint density at radius 1 is 1.10 bits per heavy atom. The van der Waals surface area contributed by atoms with E-state index >= 15 is 0 Å². The van der Waals surface area contributed by atoms with E-state index in [4.69, 9.17) is 4.74 Å². The van der Waals surface area contributed by atoms with Crippen molar-refractivity contribution in [3.05, 3.63) is 76.0 Å². The molecule has 2 aromatic carbocycles. The first-order chi connectivity index (χ1) is 15.1. The topological polar surface area (TPSA) is 41.6 Å². The van der Waals surface area contributed by atoms with Crippen LogP contribution in [0.5, 0.6) is 5.75 Å². The Bertz CT molecular complexity index is 990. The van der Waals surface area contributed by atoms with Gasteiger partial charge in [-0.05, 0) is 61.1 Å². The Morgan fingerprint density at radius 3 is 2.48 bits per heavy atom. The highest BCUT2D eigenvalue weighted by molar-refractivity contribution is 7.14. The number of ether oxygens (including phenoxy) is 1. The molecule has 1 N–H and O–H groups in total. The van der Waals surface area contributed by atoms with Gasteiger partial charge in [-0.1, -0.05) is 42.5 Å². The summed E-state index contributed by atoms with van der Waals surface area (Å²) in [6.45, 7) is 5.24. The van der Waals surface area contributed by atoms with E-state index in [0.29, 0.717) is 0 Å². The minimum atomic E-state index is 0.0515. The number of hydrogen-bond acceptors (Lipinski definition) is 4. The summed E-state index contributed by atoms with van der Waals surface area (Å²) in [4.78, 5) is 17.3. The molecule has 1 saturated heterocycles. The highest BCUT2D eigenvalue weighted by Gasteiger charge is 2.22. The van der Waals surface area contributed by atoms with Gasteiger partial charge in [-0.2, -0.15) is 0 Å². The molecule has 0 spiro atoms. The molecule has 2 heterocycles. The number of rotatable bonds is 7. The SMILES string of the molecule is COc1ccc(-c2cc(C(=O)NC3CCN(CCc4ccccc4)CC3)sc2C)cc1. The standard InChI is InChI=1S/C26H30N2O2S/c1-19-24(21-8-10-23(30-2)11-9-21)18-25(31-19)26(29)27-22-13-16-28(17-14-22)15-12-20-6-4-3-5-7-20/h3-11,18,22H,12-17H2,1-2H3,(H,27,29). The van der Waals surface area contributed by atoms with E-state index in [1.54, 1.807) is 18.4 Å². The number of benzene rings is 2. The van der Waals surface area contributed by atoms with Crippen LogP contribution in [0, 0.1) is 6.92 Å². The number of hydrogen-bond donors (Lipinski definition) is 1. The van der Waals surface area contributed by atoms with Gasteiger partial charge in [-0.15, -0.1) is 11.3 Å². The molecule has 31 heavy (non-hydrogen) atoms. The zero-order chi connectivity index (χ0) is 21.6. The molecule has 162 valence electrons. The molecule has 1 fully saturated rings. The monoisotopic (exact) mass is 434 g/mol. The van der Waals surface area contributed by atoms with E-state index in [1.165, 1.54) is 5.56 Å². The third kappa shape index (κ3) is 5.54. The van der Waals surface area contributed by atoms with Crippen molar-refractivity contribution in [2.24, 2.45) is 0 Å². The quantitative estimate of drug-likeness (QED) is 0.558. The van der Waals surface area contributed by atoms with E-state index in [9.17, 15) is 4.79 Å². The van der Waals surface area contributed by atoms with Crippen LogP contribution in [0.4, 0.5) is 0 Å². The second kappa shape index (κ2) is 10.1. The van der Waals surface area contributed by atoms with Crippen molar-refractivity contribution in [3.63, 3.8) is 0 Å². The van der Waals surface area contributed by atoms with Crippen molar-refractivity contribution in [1.29, 1.82) is 0 Å². The molecule has 0 radical (unpaired) electrons. The fourth-order valence-electron chi connectivity index (χ4n) is 4.14. The van der Waals surface area contributed by atoms with Crippen molar-refractivity contribution in [3.8, 4) is 16.9 Å². The van der Waals surface area contributed by atoms with E-state index in [2.05, 4.69) is 47.5 Å². The third-order valence-electron chi connectivity index (χ3n) is 6.02. The molecule has 3 aromatic rings. The molecule has 0 unspecified atom stereocenters. The number of likely N-dealkylation sites (tertiary alicyclic amines) is 1.